The highest BCUT2D eigenvalue weighted by Crippen LogP contribution is 2.28. The number of amides is 1. The first-order valence-corrected chi connectivity index (χ1v) is 11.1. The molecule has 2 aromatic carbocycles. The quantitative estimate of drug-likeness (QED) is 0.360. The second-order valence-electron chi connectivity index (χ2n) is 7.98. The maximum Gasteiger partial charge on any atom is 0.404 e. The zero-order valence-corrected chi connectivity index (χ0v) is 18.8. The summed E-state index contributed by atoms with van der Waals surface area (Å²) in [5, 5.41) is 7.87. The number of nitrogens with one attached hydrogen (secondary N) is 1. The molecule has 0 bridgehead atoms. The molecule has 1 saturated heterocycles. The number of primary amides is 1. The van der Waals surface area contributed by atoms with E-state index >= 15 is 0 Å². The summed E-state index contributed by atoms with van der Waals surface area (Å²) in [6.45, 7) is 2.29. The van der Waals surface area contributed by atoms with Crippen molar-refractivity contribution in [3.63, 3.8) is 0 Å². The maximum absolute atomic E-state index is 10.2. The molecule has 1 aliphatic rings. The first kappa shape index (κ1) is 22.8. The standard InChI is InChI=1S/C16H19N7.C8H9NO2/c17-15-11-5-4-10(8-13(11)21-22-15)12-9-14(20-16(18)19-12)23-6-2-1-3-7-23;9-8(10)11-6-7-4-2-1-3-5-7/h4-5,8-9H,1-3,6-7H2,(H3,17,21,22)(H2,18,19,20);1-5H,6H2,(H2,9,10). The topological polar surface area (TPSA) is 162 Å². The van der Waals surface area contributed by atoms with Gasteiger partial charge in [0.1, 0.15) is 12.4 Å². The first-order valence-electron chi connectivity index (χ1n) is 11.1. The highest BCUT2D eigenvalue weighted by atomic mass is 16.5. The van der Waals surface area contributed by atoms with Crippen LogP contribution in [0.25, 0.3) is 22.2 Å². The van der Waals surface area contributed by atoms with E-state index in [2.05, 4.69) is 29.8 Å². The van der Waals surface area contributed by atoms with E-state index in [1.807, 2.05) is 54.6 Å². The smallest absolute Gasteiger partial charge is 0.404 e. The molecule has 5 rings (SSSR count). The monoisotopic (exact) mass is 460 g/mol. The molecule has 10 heteroatoms. The molecule has 3 heterocycles. The molecule has 0 radical (unpaired) electrons. The highest BCUT2D eigenvalue weighted by molar-refractivity contribution is 5.91. The van der Waals surface area contributed by atoms with Crippen molar-refractivity contribution in [2.45, 2.75) is 25.9 Å². The number of nitrogens with zero attached hydrogens (tertiary/aromatic N) is 4. The number of fused-ring (bicyclic) bond motifs is 1. The Morgan fingerprint density at radius 1 is 1.00 bits per heavy atom. The van der Waals surface area contributed by atoms with Crippen LogP contribution in [0.15, 0.2) is 54.6 Å². The van der Waals surface area contributed by atoms with Crippen molar-refractivity contribution in [1.29, 1.82) is 0 Å². The number of nitrogen functional groups attached to an aromatic ring is 2. The summed E-state index contributed by atoms with van der Waals surface area (Å²) in [6, 6.07) is 17.3. The second-order valence-corrected chi connectivity index (χ2v) is 7.98. The SMILES string of the molecule is NC(=O)OCc1ccccc1.Nc1nc(-c2ccc3c(N)n[nH]c3c2)cc(N2CCCCC2)n1. The lowest BCUT2D eigenvalue weighted by Gasteiger charge is -2.28. The molecule has 0 atom stereocenters. The Morgan fingerprint density at radius 3 is 2.50 bits per heavy atom. The molecule has 0 saturated carbocycles. The van der Waals surface area contributed by atoms with E-state index in [9.17, 15) is 4.79 Å². The van der Waals surface area contributed by atoms with Crippen LogP contribution in [0.3, 0.4) is 0 Å². The van der Waals surface area contributed by atoms with Crippen molar-refractivity contribution in [3.8, 4) is 11.3 Å². The summed E-state index contributed by atoms with van der Waals surface area (Å²) < 4.78 is 4.57. The first-order chi connectivity index (χ1) is 16.5. The van der Waals surface area contributed by atoms with Crippen LogP contribution in [0.5, 0.6) is 0 Å². The summed E-state index contributed by atoms with van der Waals surface area (Å²) in [5.74, 6) is 1.70. The van der Waals surface area contributed by atoms with Gasteiger partial charge in [-0.3, -0.25) is 5.10 Å². The van der Waals surface area contributed by atoms with Gasteiger partial charge in [-0.2, -0.15) is 10.1 Å². The average Bonchev–Trinajstić information content (AvgIpc) is 3.24. The van der Waals surface area contributed by atoms with Crippen LogP contribution in [-0.4, -0.2) is 39.3 Å². The zero-order chi connectivity index (χ0) is 23.9. The third-order valence-electron chi connectivity index (χ3n) is 5.52. The third-order valence-corrected chi connectivity index (χ3v) is 5.52. The van der Waals surface area contributed by atoms with E-state index in [1.54, 1.807) is 0 Å². The Labute approximate surface area is 197 Å². The second kappa shape index (κ2) is 10.5. The van der Waals surface area contributed by atoms with Gasteiger partial charge >= 0.3 is 6.09 Å². The third kappa shape index (κ3) is 5.71. The Morgan fingerprint density at radius 2 is 1.76 bits per heavy atom. The molecule has 34 heavy (non-hydrogen) atoms. The van der Waals surface area contributed by atoms with Crippen molar-refractivity contribution in [2.24, 2.45) is 5.73 Å². The normalized spacial score (nSPS) is 13.2. The number of benzene rings is 2. The van der Waals surface area contributed by atoms with Gasteiger partial charge in [0.25, 0.3) is 0 Å². The summed E-state index contributed by atoms with van der Waals surface area (Å²) in [4.78, 5) is 21.2. The molecular formula is C24H28N8O2. The predicted octanol–water partition coefficient (Wildman–Crippen LogP) is 3.46. The lowest BCUT2D eigenvalue weighted by molar-refractivity contribution is 0.150. The molecule has 4 aromatic rings. The largest absolute Gasteiger partial charge is 0.445 e. The van der Waals surface area contributed by atoms with Gasteiger partial charge in [-0.15, -0.1) is 0 Å². The number of piperidine rings is 1. The number of carbonyl (C=O) groups is 1. The molecule has 1 fully saturated rings. The molecular weight excluding hydrogens is 432 g/mol. The fourth-order valence-electron chi connectivity index (χ4n) is 3.81. The van der Waals surface area contributed by atoms with Gasteiger partial charge in [-0.25, -0.2) is 9.78 Å². The molecule has 0 aliphatic carbocycles. The van der Waals surface area contributed by atoms with E-state index in [1.165, 1.54) is 19.3 Å². The number of anilines is 3. The summed E-state index contributed by atoms with van der Waals surface area (Å²) in [6.07, 6.45) is 2.92. The van der Waals surface area contributed by atoms with Crippen LogP contribution < -0.4 is 22.1 Å². The number of nitrogens with two attached hydrogens (primary N) is 3. The van der Waals surface area contributed by atoms with Crippen LogP contribution in [0, 0.1) is 0 Å². The number of hydrogen-bond acceptors (Lipinski definition) is 8. The van der Waals surface area contributed by atoms with Gasteiger partial charge < -0.3 is 26.8 Å². The molecule has 1 aliphatic heterocycles. The fraction of sp³-hybridized carbons (Fsp3) is 0.250. The number of carbonyl (C=O) groups excluding carboxylic acids is 1. The lowest BCUT2D eigenvalue weighted by atomic mass is 10.1. The predicted molar refractivity (Wildman–Crippen MR) is 133 cm³/mol. The number of aromatic nitrogens is 4. The van der Waals surface area contributed by atoms with Gasteiger partial charge in [-0.1, -0.05) is 36.4 Å². The molecule has 7 N–H and O–H groups in total. The van der Waals surface area contributed by atoms with E-state index < -0.39 is 6.09 Å². The highest BCUT2D eigenvalue weighted by Gasteiger charge is 2.15. The van der Waals surface area contributed by atoms with Crippen molar-refractivity contribution in [2.75, 3.05) is 29.5 Å². The van der Waals surface area contributed by atoms with Gasteiger partial charge in [0, 0.05) is 30.1 Å². The molecule has 2 aromatic heterocycles. The Bertz CT molecular complexity index is 1250. The van der Waals surface area contributed by atoms with Gasteiger partial charge in [-0.05, 0) is 37.0 Å². The van der Waals surface area contributed by atoms with Gasteiger partial charge in [0.05, 0.1) is 11.2 Å². The van der Waals surface area contributed by atoms with E-state index in [0.29, 0.717) is 11.8 Å². The van der Waals surface area contributed by atoms with Crippen molar-refractivity contribution >= 4 is 34.6 Å². The molecule has 0 unspecified atom stereocenters. The number of ether oxygens (including phenoxy) is 1. The summed E-state index contributed by atoms with van der Waals surface area (Å²) in [7, 11) is 0. The number of hydrogen-bond donors (Lipinski definition) is 4. The van der Waals surface area contributed by atoms with Crippen molar-refractivity contribution < 1.29 is 9.53 Å². The molecule has 10 nitrogen and oxygen atoms in total. The van der Waals surface area contributed by atoms with E-state index in [0.717, 1.165) is 46.6 Å². The minimum absolute atomic E-state index is 0.246. The van der Waals surface area contributed by atoms with Crippen molar-refractivity contribution in [3.05, 3.63) is 60.2 Å². The number of H-pyrrole nitrogens is 1. The van der Waals surface area contributed by atoms with Crippen LogP contribution in [0.2, 0.25) is 0 Å². The maximum atomic E-state index is 10.2. The minimum atomic E-state index is -0.742. The van der Waals surface area contributed by atoms with Crippen LogP contribution in [0.4, 0.5) is 22.4 Å². The average molecular weight is 461 g/mol. The van der Waals surface area contributed by atoms with Gasteiger partial charge in [0.15, 0.2) is 5.82 Å². The van der Waals surface area contributed by atoms with Crippen LogP contribution in [-0.2, 0) is 11.3 Å². The zero-order valence-electron chi connectivity index (χ0n) is 18.8. The minimum Gasteiger partial charge on any atom is -0.445 e. The summed E-state index contributed by atoms with van der Waals surface area (Å²) >= 11 is 0. The Kier molecular flexibility index (Phi) is 7.07. The molecule has 0 spiro atoms. The Balaban J connectivity index is 0.000000210. The number of aromatic amines is 1. The van der Waals surface area contributed by atoms with Gasteiger partial charge in [0.2, 0.25) is 5.95 Å². The van der Waals surface area contributed by atoms with Crippen molar-refractivity contribution in [1.82, 2.24) is 20.2 Å². The molecule has 176 valence electrons. The van der Waals surface area contributed by atoms with E-state index in [-0.39, 0.29) is 6.61 Å². The summed E-state index contributed by atoms with van der Waals surface area (Å²) in [5.41, 5.74) is 20.1. The molecule has 1 amide bonds. The van der Waals surface area contributed by atoms with Crippen LogP contribution >= 0.6 is 0 Å². The lowest BCUT2D eigenvalue weighted by Crippen LogP contribution is -2.30. The van der Waals surface area contributed by atoms with E-state index in [4.69, 9.17) is 17.2 Å². The Hall–Kier alpha value is -4.34. The number of rotatable bonds is 4. The van der Waals surface area contributed by atoms with Crippen LogP contribution in [0.1, 0.15) is 24.8 Å². The fourth-order valence-corrected chi connectivity index (χ4v) is 3.81.